The molecule has 0 bridgehead atoms. The fourth-order valence-electron chi connectivity index (χ4n) is 3.91. The summed E-state index contributed by atoms with van der Waals surface area (Å²) in [7, 11) is 0. The number of rotatable bonds is 3. The summed E-state index contributed by atoms with van der Waals surface area (Å²) >= 11 is 0. The third-order valence-corrected chi connectivity index (χ3v) is 5.74. The molecule has 8 heteroatoms. The van der Waals surface area contributed by atoms with Crippen LogP contribution < -0.4 is 0 Å². The molecule has 3 rings (SSSR count). The van der Waals surface area contributed by atoms with Crippen molar-refractivity contribution in [3.63, 3.8) is 0 Å². The van der Waals surface area contributed by atoms with E-state index < -0.39 is 11.5 Å². The molecule has 2 fully saturated rings. The van der Waals surface area contributed by atoms with E-state index in [2.05, 4.69) is 24.0 Å². The summed E-state index contributed by atoms with van der Waals surface area (Å²) in [6.07, 6.45) is 0.601. The second-order valence-electron chi connectivity index (χ2n) is 9.20. The van der Waals surface area contributed by atoms with Crippen LogP contribution in [0, 0.1) is 5.92 Å². The summed E-state index contributed by atoms with van der Waals surface area (Å²) in [6.45, 7) is 10.8. The van der Waals surface area contributed by atoms with Gasteiger partial charge < -0.3 is 14.2 Å². The van der Waals surface area contributed by atoms with Crippen molar-refractivity contribution >= 4 is 6.09 Å². The molecule has 0 spiro atoms. The average molecular weight is 385 g/mol. The fraction of sp³-hybridized carbons (Fsp3) is 0.842. The molecule has 0 aromatic carbocycles. The number of halogens is 2. The lowest BCUT2D eigenvalue weighted by atomic mass is 9.69. The van der Waals surface area contributed by atoms with E-state index in [1.807, 2.05) is 20.8 Å². The van der Waals surface area contributed by atoms with Gasteiger partial charge in [-0.2, -0.15) is 4.98 Å². The van der Waals surface area contributed by atoms with E-state index in [4.69, 9.17) is 9.26 Å². The van der Waals surface area contributed by atoms with Crippen LogP contribution in [0.25, 0.3) is 0 Å². The Bertz CT molecular complexity index is 681. The molecule has 1 aliphatic carbocycles. The molecule has 2 heterocycles. The van der Waals surface area contributed by atoms with Gasteiger partial charge in [-0.15, -0.1) is 0 Å². The van der Waals surface area contributed by atoms with Gasteiger partial charge in [0.1, 0.15) is 5.60 Å². The molecular weight excluding hydrogens is 356 g/mol. The van der Waals surface area contributed by atoms with E-state index >= 15 is 0 Å². The average Bonchev–Trinajstić information content (AvgIpc) is 3.00. The first-order valence-electron chi connectivity index (χ1n) is 9.62. The summed E-state index contributed by atoms with van der Waals surface area (Å²) in [6, 6.07) is 0. The molecular formula is C19H29F2N3O3. The van der Waals surface area contributed by atoms with Gasteiger partial charge in [0.05, 0.1) is 0 Å². The maximum absolute atomic E-state index is 13.1. The van der Waals surface area contributed by atoms with Gasteiger partial charge in [0.15, 0.2) is 5.82 Å². The Morgan fingerprint density at radius 1 is 1.26 bits per heavy atom. The molecule has 0 N–H and O–H groups in total. The van der Waals surface area contributed by atoms with Crippen molar-refractivity contribution in [3.05, 3.63) is 11.7 Å². The quantitative estimate of drug-likeness (QED) is 0.766. The van der Waals surface area contributed by atoms with Gasteiger partial charge in [0.25, 0.3) is 0 Å². The van der Waals surface area contributed by atoms with Crippen LogP contribution >= 0.6 is 0 Å². The van der Waals surface area contributed by atoms with E-state index in [9.17, 15) is 13.6 Å². The molecule has 1 aromatic heterocycles. The molecule has 1 saturated carbocycles. The van der Waals surface area contributed by atoms with Gasteiger partial charge in [0, 0.05) is 37.3 Å². The van der Waals surface area contributed by atoms with Crippen molar-refractivity contribution in [1.82, 2.24) is 15.0 Å². The first-order chi connectivity index (χ1) is 12.4. The summed E-state index contributed by atoms with van der Waals surface area (Å²) in [5, 5.41) is 4.15. The highest BCUT2D eigenvalue weighted by Gasteiger charge is 2.50. The number of nitrogens with zero attached hydrogens (tertiary/aromatic N) is 3. The second-order valence-corrected chi connectivity index (χ2v) is 9.20. The second kappa shape index (κ2) is 6.71. The monoisotopic (exact) mass is 385 g/mol. The Morgan fingerprint density at radius 2 is 1.85 bits per heavy atom. The Balaban J connectivity index is 1.70. The molecule has 1 aromatic rings. The summed E-state index contributed by atoms with van der Waals surface area (Å²) in [4.78, 5) is 18.5. The Kier molecular flexibility index (Phi) is 4.97. The van der Waals surface area contributed by atoms with Crippen molar-refractivity contribution in [2.24, 2.45) is 5.92 Å². The van der Waals surface area contributed by atoms with Crippen molar-refractivity contribution in [2.75, 3.05) is 13.1 Å². The largest absolute Gasteiger partial charge is 0.444 e. The lowest BCUT2D eigenvalue weighted by Crippen LogP contribution is -2.49. The minimum absolute atomic E-state index is 0.226. The number of carbonyl (C=O) groups is 1. The minimum atomic E-state index is -2.62. The highest BCUT2D eigenvalue weighted by Crippen LogP contribution is 2.48. The van der Waals surface area contributed by atoms with Gasteiger partial charge in [-0.3, -0.25) is 0 Å². The number of carbonyl (C=O) groups excluding carboxylic acids is 1. The zero-order valence-corrected chi connectivity index (χ0v) is 16.7. The number of alkyl halides is 2. The third-order valence-electron chi connectivity index (χ3n) is 5.74. The molecule has 2 aliphatic rings. The predicted octanol–water partition coefficient (Wildman–Crippen LogP) is 4.51. The number of amides is 1. The van der Waals surface area contributed by atoms with Crippen LogP contribution in [0.4, 0.5) is 13.6 Å². The van der Waals surface area contributed by atoms with Crippen molar-refractivity contribution in [1.29, 1.82) is 0 Å². The predicted molar refractivity (Wildman–Crippen MR) is 94.8 cm³/mol. The molecule has 0 radical (unpaired) electrons. The maximum Gasteiger partial charge on any atom is 0.410 e. The van der Waals surface area contributed by atoms with E-state index in [1.165, 1.54) is 0 Å². The third kappa shape index (κ3) is 4.09. The maximum atomic E-state index is 13.1. The zero-order valence-electron chi connectivity index (χ0n) is 16.7. The van der Waals surface area contributed by atoms with Crippen LogP contribution in [-0.4, -0.2) is 45.7 Å². The molecule has 0 unspecified atom stereocenters. The number of hydrogen-bond acceptors (Lipinski definition) is 5. The van der Waals surface area contributed by atoms with Crippen LogP contribution in [0.15, 0.2) is 4.52 Å². The molecule has 1 amide bonds. The molecule has 1 aliphatic heterocycles. The summed E-state index contributed by atoms with van der Waals surface area (Å²) < 4.78 is 37.1. The number of ether oxygens (including phenoxy) is 1. The Hall–Kier alpha value is -1.73. The number of aromatic nitrogens is 2. The first-order valence-corrected chi connectivity index (χ1v) is 9.62. The topological polar surface area (TPSA) is 68.5 Å². The van der Waals surface area contributed by atoms with Crippen molar-refractivity contribution < 1.29 is 22.8 Å². The number of piperidine rings is 1. The standard InChI is InChI=1S/C19H29F2N3O3/c1-12(2)18(6-8-24(9-7-18)16(25)26-17(3,4)5)15-22-14(27-23-15)13-10-19(20,21)11-13/h12-13H,6-11H2,1-5H3. The van der Waals surface area contributed by atoms with Gasteiger partial charge in [-0.1, -0.05) is 19.0 Å². The Labute approximate surface area is 158 Å². The number of hydrogen-bond donors (Lipinski definition) is 0. The normalized spacial score (nSPS) is 22.6. The fourth-order valence-corrected chi connectivity index (χ4v) is 3.91. The van der Waals surface area contributed by atoms with Crippen LogP contribution in [0.5, 0.6) is 0 Å². The highest BCUT2D eigenvalue weighted by molar-refractivity contribution is 5.68. The van der Waals surface area contributed by atoms with Crippen LogP contribution in [0.2, 0.25) is 0 Å². The molecule has 6 nitrogen and oxygen atoms in total. The lowest BCUT2D eigenvalue weighted by Gasteiger charge is -2.42. The highest BCUT2D eigenvalue weighted by atomic mass is 19.3. The minimum Gasteiger partial charge on any atom is -0.444 e. The van der Waals surface area contributed by atoms with Gasteiger partial charge >= 0.3 is 6.09 Å². The van der Waals surface area contributed by atoms with Crippen molar-refractivity contribution in [2.45, 2.75) is 83.2 Å². The smallest absolute Gasteiger partial charge is 0.410 e. The van der Waals surface area contributed by atoms with Crippen LogP contribution in [-0.2, 0) is 10.2 Å². The van der Waals surface area contributed by atoms with Crippen LogP contribution in [0.3, 0.4) is 0 Å². The van der Waals surface area contributed by atoms with E-state index in [0.29, 0.717) is 37.6 Å². The van der Waals surface area contributed by atoms with Gasteiger partial charge in [-0.25, -0.2) is 13.6 Å². The van der Waals surface area contributed by atoms with Crippen LogP contribution in [0.1, 0.15) is 77.9 Å². The lowest BCUT2D eigenvalue weighted by molar-refractivity contribution is -0.0925. The molecule has 0 atom stereocenters. The van der Waals surface area contributed by atoms with E-state index in [0.717, 1.165) is 0 Å². The molecule has 1 saturated heterocycles. The van der Waals surface area contributed by atoms with E-state index in [1.54, 1.807) is 4.90 Å². The molecule has 27 heavy (non-hydrogen) atoms. The SMILES string of the molecule is CC(C)C1(c2noc(C3CC(F)(F)C3)n2)CCN(C(=O)OC(C)(C)C)CC1. The zero-order chi connectivity index (χ0) is 20.0. The first kappa shape index (κ1) is 20.0. The van der Waals surface area contributed by atoms with Gasteiger partial charge in [0.2, 0.25) is 11.8 Å². The summed E-state index contributed by atoms with van der Waals surface area (Å²) in [5.74, 6) is -1.86. The van der Waals surface area contributed by atoms with Gasteiger partial charge in [-0.05, 0) is 39.5 Å². The summed E-state index contributed by atoms with van der Waals surface area (Å²) in [5.41, 5.74) is -0.858. The molecule has 152 valence electrons. The number of likely N-dealkylation sites (tertiary alicyclic amines) is 1. The Morgan fingerprint density at radius 3 is 2.33 bits per heavy atom. The van der Waals surface area contributed by atoms with Crippen molar-refractivity contribution in [3.8, 4) is 0 Å². The van der Waals surface area contributed by atoms with E-state index in [-0.39, 0.29) is 36.2 Å².